The number of hydrogen-bond acceptors (Lipinski definition) is 5. The van der Waals surface area contributed by atoms with Gasteiger partial charge in [-0.1, -0.05) is 6.07 Å². The van der Waals surface area contributed by atoms with Crippen LogP contribution >= 0.6 is 24.0 Å². The van der Waals surface area contributed by atoms with E-state index in [1.165, 1.54) is 0 Å². The first-order valence-corrected chi connectivity index (χ1v) is 9.38. The molecule has 0 saturated carbocycles. The summed E-state index contributed by atoms with van der Waals surface area (Å²) in [6.07, 6.45) is 2.36. The zero-order valence-corrected chi connectivity index (χ0v) is 20.1. The Balaban J connectivity index is 0.00000420. The molecule has 0 fully saturated rings. The lowest BCUT2D eigenvalue weighted by Gasteiger charge is -2.24. The Morgan fingerprint density at radius 2 is 1.97 bits per heavy atom. The van der Waals surface area contributed by atoms with Crippen LogP contribution in [0.5, 0.6) is 11.5 Å². The summed E-state index contributed by atoms with van der Waals surface area (Å²) >= 11 is 0. The SMILES string of the molecule is CCNC(=NCC(C)(O)c1ccco1)N(C)CCc1ccc(OC)c(OC)c1.I. The lowest BCUT2D eigenvalue weighted by Crippen LogP contribution is -2.41. The van der Waals surface area contributed by atoms with Crippen LogP contribution in [-0.4, -0.2) is 56.9 Å². The van der Waals surface area contributed by atoms with Crippen molar-refractivity contribution in [3.05, 3.63) is 47.9 Å². The van der Waals surface area contributed by atoms with Gasteiger partial charge in [0.05, 0.1) is 27.0 Å². The van der Waals surface area contributed by atoms with Gasteiger partial charge in [0.2, 0.25) is 0 Å². The fourth-order valence-corrected chi connectivity index (χ4v) is 2.80. The average molecular weight is 517 g/mol. The Morgan fingerprint density at radius 3 is 2.55 bits per heavy atom. The number of aliphatic imine (C=N–C) groups is 1. The summed E-state index contributed by atoms with van der Waals surface area (Å²) in [5.41, 5.74) is -0.0168. The van der Waals surface area contributed by atoms with Gasteiger partial charge in [0, 0.05) is 20.1 Å². The van der Waals surface area contributed by atoms with Crippen LogP contribution < -0.4 is 14.8 Å². The maximum absolute atomic E-state index is 10.6. The van der Waals surface area contributed by atoms with Crippen molar-refractivity contribution in [2.75, 3.05) is 40.9 Å². The molecule has 1 atom stereocenters. The van der Waals surface area contributed by atoms with E-state index in [-0.39, 0.29) is 30.5 Å². The normalized spacial score (nSPS) is 13.2. The highest BCUT2D eigenvalue weighted by Crippen LogP contribution is 2.27. The number of benzene rings is 1. The third-order valence-electron chi connectivity index (χ3n) is 4.47. The van der Waals surface area contributed by atoms with Crippen LogP contribution in [0.2, 0.25) is 0 Å². The van der Waals surface area contributed by atoms with E-state index in [0.29, 0.717) is 5.76 Å². The number of ether oxygens (including phenoxy) is 2. The number of nitrogens with one attached hydrogen (secondary N) is 1. The first-order chi connectivity index (χ1) is 13.4. The Bertz CT molecular complexity index is 763. The fraction of sp³-hybridized carbons (Fsp3) is 0.476. The van der Waals surface area contributed by atoms with Crippen molar-refractivity contribution in [3.63, 3.8) is 0 Å². The van der Waals surface area contributed by atoms with Gasteiger partial charge >= 0.3 is 0 Å². The summed E-state index contributed by atoms with van der Waals surface area (Å²) in [6.45, 7) is 5.40. The van der Waals surface area contributed by atoms with Crippen molar-refractivity contribution in [2.45, 2.75) is 25.9 Å². The largest absolute Gasteiger partial charge is 0.493 e. The van der Waals surface area contributed by atoms with Gasteiger partial charge in [-0.25, -0.2) is 4.99 Å². The van der Waals surface area contributed by atoms with Gasteiger partial charge in [0.25, 0.3) is 0 Å². The van der Waals surface area contributed by atoms with Crippen molar-refractivity contribution < 1.29 is 19.0 Å². The van der Waals surface area contributed by atoms with Crippen molar-refractivity contribution in [3.8, 4) is 11.5 Å². The molecule has 8 heteroatoms. The van der Waals surface area contributed by atoms with Crippen LogP contribution in [-0.2, 0) is 12.0 Å². The highest BCUT2D eigenvalue weighted by molar-refractivity contribution is 14.0. The first-order valence-electron chi connectivity index (χ1n) is 9.38. The van der Waals surface area contributed by atoms with E-state index in [9.17, 15) is 5.11 Å². The van der Waals surface area contributed by atoms with Crippen LogP contribution in [0, 0.1) is 0 Å². The summed E-state index contributed by atoms with van der Waals surface area (Å²) in [5, 5.41) is 13.9. The number of nitrogens with zero attached hydrogens (tertiary/aromatic N) is 2. The molecule has 0 aliphatic rings. The van der Waals surface area contributed by atoms with Gasteiger partial charge in [-0.05, 0) is 50.1 Å². The first kappa shape index (κ1) is 25.1. The maximum Gasteiger partial charge on any atom is 0.193 e. The van der Waals surface area contributed by atoms with Gasteiger partial charge in [0.1, 0.15) is 11.4 Å². The molecule has 1 heterocycles. The Morgan fingerprint density at radius 1 is 1.24 bits per heavy atom. The number of furan rings is 1. The van der Waals surface area contributed by atoms with Crippen LogP contribution in [0.15, 0.2) is 46.0 Å². The molecule has 1 unspecified atom stereocenters. The van der Waals surface area contributed by atoms with E-state index in [2.05, 4.69) is 10.3 Å². The second-order valence-corrected chi connectivity index (χ2v) is 6.78. The number of likely N-dealkylation sites (N-methyl/N-ethyl adjacent to an activating group) is 1. The lowest BCUT2D eigenvalue weighted by atomic mass is 10.0. The molecule has 2 aromatic rings. The van der Waals surface area contributed by atoms with E-state index in [0.717, 1.165) is 42.5 Å². The highest BCUT2D eigenvalue weighted by atomic mass is 127. The minimum atomic E-state index is -1.16. The van der Waals surface area contributed by atoms with Gasteiger partial charge in [-0.3, -0.25) is 0 Å². The van der Waals surface area contributed by atoms with Gasteiger partial charge in [-0.2, -0.15) is 0 Å². The minimum absolute atomic E-state index is 0. The minimum Gasteiger partial charge on any atom is -0.493 e. The fourth-order valence-electron chi connectivity index (χ4n) is 2.80. The molecule has 1 aromatic carbocycles. The molecule has 0 spiro atoms. The molecular weight excluding hydrogens is 485 g/mol. The number of methoxy groups -OCH3 is 2. The van der Waals surface area contributed by atoms with Crippen molar-refractivity contribution in [1.29, 1.82) is 0 Å². The molecule has 0 amide bonds. The molecule has 0 radical (unpaired) electrons. The number of rotatable bonds is 9. The van der Waals surface area contributed by atoms with Gasteiger partial charge in [-0.15, -0.1) is 24.0 Å². The average Bonchev–Trinajstić information content (AvgIpc) is 3.25. The standard InChI is InChI=1S/C21H31N3O4.HI/c1-6-22-20(23-15-21(2,25)19-8-7-13-28-19)24(3)12-11-16-9-10-17(26-4)18(14-16)27-5;/h7-10,13-14,25H,6,11-12,15H2,1-5H3,(H,22,23);1H. The maximum atomic E-state index is 10.6. The predicted octanol–water partition coefficient (Wildman–Crippen LogP) is 3.26. The molecule has 2 N–H and O–H groups in total. The summed E-state index contributed by atoms with van der Waals surface area (Å²) in [6, 6.07) is 9.44. The lowest BCUT2D eigenvalue weighted by molar-refractivity contribution is 0.0435. The van der Waals surface area contributed by atoms with Crippen molar-refractivity contribution in [2.24, 2.45) is 4.99 Å². The molecule has 7 nitrogen and oxygen atoms in total. The third-order valence-corrected chi connectivity index (χ3v) is 4.47. The smallest absolute Gasteiger partial charge is 0.193 e. The van der Waals surface area contributed by atoms with Gasteiger partial charge < -0.3 is 29.2 Å². The molecule has 29 heavy (non-hydrogen) atoms. The number of guanidine groups is 1. The molecule has 0 bridgehead atoms. The summed E-state index contributed by atoms with van der Waals surface area (Å²) in [7, 11) is 5.24. The predicted molar refractivity (Wildman–Crippen MR) is 126 cm³/mol. The monoisotopic (exact) mass is 517 g/mol. The van der Waals surface area contributed by atoms with Crippen LogP contribution in [0.25, 0.3) is 0 Å². The third kappa shape index (κ3) is 7.11. The summed E-state index contributed by atoms with van der Waals surface area (Å²) < 4.78 is 16.0. The summed E-state index contributed by atoms with van der Waals surface area (Å²) in [5.74, 6) is 2.67. The van der Waals surface area contributed by atoms with E-state index in [4.69, 9.17) is 13.9 Å². The number of hydrogen-bond donors (Lipinski definition) is 2. The molecule has 0 aliphatic heterocycles. The van der Waals surface area contributed by atoms with E-state index in [1.54, 1.807) is 39.5 Å². The van der Waals surface area contributed by atoms with Crippen molar-refractivity contribution in [1.82, 2.24) is 10.2 Å². The second-order valence-electron chi connectivity index (χ2n) is 6.78. The van der Waals surface area contributed by atoms with Crippen LogP contribution in [0.3, 0.4) is 0 Å². The topological polar surface area (TPSA) is 79.5 Å². The zero-order valence-electron chi connectivity index (χ0n) is 17.8. The zero-order chi connectivity index (χ0) is 20.6. The molecule has 0 saturated heterocycles. The Kier molecular flexibility index (Phi) is 10.3. The Labute approximate surface area is 190 Å². The number of halogens is 1. The van der Waals surface area contributed by atoms with E-state index >= 15 is 0 Å². The molecule has 162 valence electrons. The van der Waals surface area contributed by atoms with Gasteiger partial charge in [0.15, 0.2) is 17.5 Å². The molecule has 2 rings (SSSR count). The number of aliphatic hydroxyl groups is 1. The van der Waals surface area contributed by atoms with Crippen LogP contribution in [0.1, 0.15) is 25.2 Å². The summed E-state index contributed by atoms with van der Waals surface area (Å²) in [4.78, 5) is 6.63. The Hall–Kier alpha value is -1.94. The molecule has 0 aliphatic carbocycles. The molecular formula is C21H32IN3O4. The second kappa shape index (κ2) is 11.9. The van der Waals surface area contributed by atoms with E-state index in [1.807, 2.05) is 37.1 Å². The van der Waals surface area contributed by atoms with Crippen molar-refractivity contribution >= 4 is 29.9 Å². The highest BCUT2D eigenvalue weighted by Gasteiger charge is 2.26. The molecule has 1 aromatic heterocycles. The van der Waals surface area contributed by atoms with Crippen LogP contribution in [0.4, 0.5) is 0 Å². The van der Waals surface area contributed by atoms with E-state index < -0.39 is 5.60 Å². The quantitative estimate of drug-likeness (QED) is 0.302.